The highest BCUT2D eigenvalue weighted by Gasteiger charge is 2.37. The van der Waals surface area contributed by atoms with Crippen LogP contribution in [0.25, 0.3) is 0 Å². The van der Waals surface area contributed by atoms with Crippen molar-refractivity contribution in [3.63, 3.8) is 0 Å². The van der Waals surface area contributed by atoms with E-state index in [4.69, 9.17) is 0 Å². The van der Waals surface area contributed by atoms with E-state index in [0.717, 1.165) is 11.1 Å². The van der Waals surface area contributed by atoms with Gasteiger partial charge in [-0.25, -0.2) is 0 Å². The monoisotopic (exact) mass is 311 g/mol. The van der Waals surface area contributed by atoms with Crippen molar-refractivity contribution in [2.24, 2.45) is 5.92 Å². The Balaban J connectivity index is 2.33. The van der Waals surface area contributed by atoms with Crippen molar-refractivity contribution in [1.82, 2.24) is 5.32 Å². The molecule has 2 N–H and O–H groups in total. The van der Waals surface area contributed by atoms with Crippen LogP contribution in [-0.2, 0) is 10.2 Å². The highest BCUT2D eigenvalue weighted by Crippen LogP contribution is 2.32. The SMILES string of the molecule is CC(C)C(O)CNC(=O)C(C)(c1ccccc1)c1ccccc1. The molecule has 0 fully saturated rings. The molecule has 0 saturated heterocycles. The van der Waals surface area contributed by atoms with E-state index in [9.17, 15) is 9.90 Å². The molecule has 0 aromatic heterocycles. The van der Waals surface area contributed by atoms with Gasteiger partial charge >= 0.3 is 0 Å². The van der Waals surface area contributed by atoms with Crippen LogP contribution in [-0.4, -0.2) is 23.7 Å². The van der Waals surface area contributed by atoms with Gasteiger partial charge in [0.05, 0.1) is 11.5 Å². The lowest BCUT2D eigenvalue weighted by molar-refractivity contribution is -0.125. The van der Waals surface area contributed by atoms with Crippen LogP contribution in [0.15, 0.2) is 60.7 Å². The van der Waals surface area contributed by atoms with Crippen molar-refractivity contribution in [2.75, 3.05) is 6.54 Å². The van der Waals surface area contributed by atoms with E-state index in [1.807, 2.05) is 81.4 Å². The summed E-state index contributed by atoms with van der Waals surface area (Å²) in [7, 11) is 0. The number of hydrogen-bond acceptors (Lipinski definition) is 2. The van der Waals surface area contributed by atoms with Gasteiger partial charge in [0, 0.05) is 6.54 Å². The Morgan fingerprint density at radius 3 is 1.83 bits per heavy atom. The molecule has 0 aliphatic carbocycles. The predicted octanol–water partition coefficient (Wildman–Crippen LogP) is 3.13. The van der Waals surface area contributed by atoms with Crippen molar-refractivity contribution in [2.45, 2.75) is 32.3 Å². The van der Waals surface area contributed by atoms with Crippen molar-refractivity contribution in [3.05, 3.63) is 71.8 Å². The standard InChI is InChI=1S/C20H25NO2/c1-15(2)18(22)14-21-19(23)20(3,16-10-6-4-7-11-16)17-12-8-5-9-13-17/h4-13,15,18,22H,14H2,1-3H3,(H,21,23). The molecule has 2 aromatic rings. The fourth-order valence-corrected chi connectivity index (χ4v) is 2.58. The molecule has 0 spiro atoms. The lowest BCUT2D eigenvalue weighted by Gasteiger charge is -2.30. The first kappa shape index (κ1) is 17.2. The zero-order chi connectivity index (χ0) is 16.9. The van der Waals surface area contributed by atoms with Crippen LogP contribution in [0.3, 0.4) is 0 Å². The van der Waals surface area contributed by atoms with Gasteiger partial charge in [0.1, 0.15) is 0 Å². The Bertz CT molecular complexity index is 583. The van der Waals surface area contributed by atoms with Crippen molar-refractivity contribution in [1.29, 1.82) is 0 Å². The third-order valence-corrected chi connectivity index (χ3v) is 4.40. The second-order valence-electron chi connectivity index (χ2n) is 6.38. The van der Waals surface area contributed by atoms with E-state index in [0.29, 0.717) is 0 Å². The molecule has 0 aliphatic rings. The molecule has 0 aliphatic heterocycles. The maximum atomic E-state index is 13.0. The largest absolute Gasteiger partial charge is 0.391 e. The van der Waals surface area contributed by atoms with Crippen molar-refractivity contribution >= 4 is 5.91 Å². The quantitative estimate of drug-likeness (QED) is 0.861. The summed E-state index contributed by atoms with van der Waals surface area (Å²) in [5, 5.41) is 12.9. The van der Waals surface area contributed by atoms with E-state index in [-0.39, 0.29) is 18.4 Å². The number of nitrogens with one attached hydrogen (secondary N) is 1. The Morgan fingerprint density at radius 1 is 1.00 bits per heavy atom. The molecular formula is C20H25NO2. The van der Waals surface area contributed by atoms with Gasteiger partial charge in [-0.05, 0) is 24.0 Å². The number of carbonyl (C=O) groups excluding carboxylic acids is 1. The second-order valence-corrected chi connectivity index (χ2v) is 6.38. The van der Waals surface area contributed by atoms with Crippen LogP contribution < -0.4 is 5.32 Å². The molecule has 0 heterocycles. The predicted molar refractivity (Wildman–Crippen MR) is 93.2 cm³/mol. The van der Waals surface area contributed by atoms with Crippen LogP contribution in [0.2, 0.25) is 0 Å². The van der Waals surface area contributed by atoms with Gasteiger partial charge in [-0.15, -0.1) is 0 Å². The maximum Gasteiger partial charge on any atom is 0.234 e. The second kappa shape index (κ2) is 7.42. The molecular weight excluding hydrogens is 286 g/mol. The molecule has 2 aromatic carbocycles. The summed E-state index contributed by atoms with van der Waals surface area (Å²) < 4.78 is 0. The first-order valence-electron chi connectivity index (χ1n) is 8.03. The molecule has 1 amide bonds. The number of hydrogen-bond donors (Lipinski definition) is 2. The van der Waals surface area contributed by atoms with Gasteiger partial charge in [-0.3, -0.25) is 4.79 Å². The van der Waals surface area contributed by atoms with Gasteiger partial charge in [0.25, 0.3) is 0 Å². The topological polar surface area (TPSA) is 49.3 Å². The third-order valence-electron chi connectivity index (χ3n) is 4.40. The minimum absolute atomic E-state index is 0.102. The molecule has 0 radical (unpaired) electrons. The van der Waals surface area contributed by atoms with Crippen LogP contribution in [0.5, 0.6) is 0 Å². The lowest BCUT2D eigenvalue weighted by atomic mass is 9.75. The molecule has 0 saturated carbocycles. The van der Waals surface area contributed by atoms with E-state index in [2.05, 4.69) is 5.32 Å². The van der Waals surface area contributed by atoms with Crippen LogP contribution >= 0.6 is 0 Å². The molecule has 3 heteroatoms. The smallest absolute Gasteiger partial charge is 0.234 e. The summed E-state index contributed by atoms with van der Waals surface area (Å²) in [4.78, 5) is 13.0. The Labute approximate surface area is 138 Å². The third kappa shape index (κ3) is 3.80. The van der Waals surface area contributed by atoms with Gasteiger partial charge in [-0.2, -0.15) is 0 Å². The van der Waals surface area contributed by atoms with Crippen molar-refractivity contribution < 1.29 is 9.90 Å². The van der Waals surface area contributed by atoms with Gasteiger partial charge < -0.3 is 10.4 Å². The fraction of sp³-hybridized carbons (Fsp3) is 0.350. The number of rotatable bonds is 6. The van der Waals surface area contributed by atoms with Crippen LogP contribution in [0.1, 0.15) is 31.9 Å². The number of aliphatic hydroxyl groups excluding tert-OH is 1. The Kier molecular flexibility index (Phi) is 5.56. The number of carbonyl (C=O) groups is 1. The van der Waals surface area contributed by atoms with Crippen molar-refractivity contribution in [3.8, 4) is 0 Å². The first-order chi connectivity index (χ1) is 11.0. The highest BCUT2D eigenvalue weighted by molar-refractivity contribution is 5.91. The normalized spacial score (nSPS) is 12.9. The van der Waals surface area contributed by atoms with Gasteiger partial charge in [-0.1, -0.05) is 74.5 Å². The number of amides is 1. The Hall–Kier alpha value is -2.13. The van der Waals surface area contributed by atoms with E-state index >= 15 is 0 Å². The minimum atomic E-state index is -0.792. The number of benzene rings is 2. The fourth-order valence-electron chi connectivity index (χ4n) is 2.58. The lowest BCUT2D eigenvalue weighted by Crippen LogP contribution is -2.46. The summed E-state index contributed by atoms with van der Waals surface area (Å²) in [6.45, 7) is 6.05. The van der Waals surface area contributed by atoms with Gasteiger partial charge in [0.15, 0.2) is 0 Å². The minimum Gasteiger partial charge on any atom is -0.391 e. The van der Waals surface area contributed by atoms with Crippen LogP contribution in [0.4, 0.5) is 0 Å². The van der Waals surface area contributed by atoms with E-state index < -0.39 is 11.5 Å². The molecule has 2 rings (SSSR count). The summed E-state index contributed by atoms with van der Waals surface area (Å²) >= 11 is 0. The Morgan fingerprint density at radius 2 is 1.43 bits per heavy atom. The molecule has 23 heavy (non-hydrogen) atoms. The molecule has 1 atom stereocenters. The summed E-state index contributed by atoms with van der Waals surface area (Å²) in [5.41, 5.74) is 1.07. The molecule has 3 nitrogen and oxygen atoms in total. The molecule has 1 unspecified atom stereocenters. The summed E-state index contributed by atoms with van der Waals surface area (Å²) in [6.07, 6.45) is -0.547. The van der Waals surface area contributed by atoms with Crippen LogP contribution in [0, 0.1) is 5.92 Å². The average molecular weight is 311 g/mol. The van der Waals surface area contributed by atoms with Gasteiger partial charge in [0.2, 0.25) is 5.91 Å². The summed E-state index contributed by atoms with van der Waals surface area (Å²) in [6, 6.07) is 19.5. The highest BCUT2D eigenvalue weighted by atomic mass is 16.3. The van der Waals surface area contributed by atoms with E-state index in [1.54, 1.807) is 0 Å². The summed E-state index contributed by atoms with van der Waals surface area (Å²) in [5.74, 6) is 0.00427. The molecule has 122 valence electrons. The van der Waals surface area contributed by atoms with E-state index in [1.165, 1.54) is 0 Å². The first-order valence-corrected chi connectivity index (χ1v) is 8.03. The zero-order valence-electron chi connectivity index (χ0n) is 14.0. The molecule has 0 bridgehead atoms. The average Bonchev–Trinajstić information content (AvgIpc) is 2.60. The maximum absolute atomic E-state index is 13.0. The number of aliphatic hydroxyl groups is 1. The zero-order valence-corrected chi connectivity index (χ0v) is 14.0.